The summed E-state index contributed by atoms with van der Waals surface area (Å²) in [6.07, 6.45) is 5.94. The third-order valence-corrected chi connectivity index (χ3v) is 7.12. The second-order valence-corrected chi connectivity index (χ2v) is 9.92. The number of amides is 1. The highest BCUT2D eigenvalue weighted by molar-refractivity contribution is 6.04. The molecule has 1 saturated carbocycles. The Labute approximate surface area is 213 Å². The number of benzene rings is 1. The van der Waals surface area contributed by atoms with Crippen molar-refractivity contribution in [2.24, 2.45) is 7.05 Å². The van der Waals surface area contributed by atoms with E-state index in [1.54, 1.807) is 53.9 Å². The smallest absolute Gasteiger partial charge is 0.329 e. The first-order valence-electron chi connectivity index (χ1n) is 12.4. The van der Waals surface area contributed by atoms with Gasteiger partial charge < -0.3 is 15.0 Å². The second kappa shape index (κ2) is 10.0. The van der Waals surface area contributed by atoms with Gasteiger partial charge in [0.25, 0.3) is 0 Å². The molecule has 1 aliphatic carbocycles. The minimum absolute atomic E-state index is 0.0162. The van der Waals surface area contributed by atoms with Crippen LogP contribution in [0.5, 0.6) is 0 Å². The molecule has 0 bridgehead atoms. The molecule has 5 rings (SSSR count). The predicted molar refractivity (Wildman–Crippen MR) is 141 cm³/mol. The number of hydrogen-bond donors (Lipinski definition) is 1. The van der Waals surface area contributed by atoms with Crippen LogP contribution in [0.3, 0.4) is 0 Å². The quantitative estimate of drug-likeness (QED) is 0.392. The monoisotopic (exact) mass is 506 g/mol. The van der Waals surface area contributed by atoms with Gasteiger partial charge in [-0.25, -0.2) is 14.2 Å². The first-order chi connectivity index (χ1) is 17.8. The molecule has 4 aromatic rings. The maximum absolute atomic E-state index is 15.2. The summed E-state index contributed by atoms with van der Waals surface area (Å²) in [6.45, 7) is 0.826. The highest BCUT2D eigenvalue weighted by Crippen LogP contribution is 2.38. The van der Waals surface area contributed by atoms with Crippen molar-refractivity contribution >= 4 is 33.7 Å². The highest BCUT2D eigenvalue weighted by atomic mass is 19.1. The fourth-order valence-corrected chi connectivity index (χ4v) is 4.94. The predicted octanol–water partition coefficient (Wildman–Crippen LogP) is 3.72. The molecule has 3 heterocycles. The molecule has 0 radical (unpaired) electrons. The topological polar surface area (TPSA) is 94.3 Å². The molecule has 0 saturated heterocycles. The summed E-state index contributed by atoms with van der Waals surface area (Å²) in [4.78, 5) is 36.1. The molecule has 1 N–H and O–H groups in total. The number of aryl methyl sites for hydroxylation is 1. The summed E-state index contributed by atoms with van der Waals surface area (Å²) in [5, 5.41) is 3.49. The van der Waals surface area contributed by atoms with Crippen molar-refractivity contribution in [1.82, 2.24) is 24.0 Å². The minimum Gasteiger partial charge on any atom is -0.381 e. The van der Waals surface area contributed by atoms with Gasteiger partial charge in [-0.15, -0.1) is 0 Å². The number of nitrogens with zero attached hydrogens (tertiary/aromatic N) is 5. The Morgan fingerprint density at radius 2 is 2.00 bits per heavy atom. The molecule has 1 aliphatic rings. The largest absolute Gasteiger partial charge is 0.381 e. The van der Waals surface area contributed by atoms with Gasteiger partial charge in [0, 0.05) is 55.4 Å². The number of aromatic nitrogens is 4. The van der Waals surface area contributed by atoms with Crippen molar-refractivity contribution in [3.05, 3.63) is 53.0 Å². The third kappa shape index (κ3) is 4.74. The average molecular weight is 507 g/mol. The number of pyridine rings is 2. The van der Waals surface area contributed by atoms with E-state index in [0.29, 0.717) is 39.8 Å². The molecule has 1 fully saturated rings. The second-order valence-electron chi connectivity index (χ2n) is 9.92. The fourth-order valence-electron chi connectivity index (χ4n) is 4.94. The maximum Gasteiger partial charge on any atom is 0.329 e. The summed E-state index contributed by atoms with van der Waals surface area (Å²) < 4.78 is 24.0. The molecule has 9 nitrogen and oxygen atoms in total. The van der Waals surface area contributed by atoms with Crippen LogP contribution in [0.15, 0.2) is 41.5 Å². The summed E-state index contributed by atoms with van der Waals surface area (Å²) in [6, 6.07) is 6.54. The van der Waals surface area contributed by atoms with Gasteiger partial charge in [-0.2, -0.15) is 0 Å². The van der Waals surface area contributed by atoms with E-state index >= 15 is 4.39 Å². The van der Waals surface area contributed by atoms with Crippen LogP contribution >= 0.6 is 0 Å². The number of methoxy groups -OCH3 is 1. The lowest BCUT2D eigenvalue weighted by molar-refractivity contribution is -0.116. The summed E-state index contributed by atoms with van der Waals surface area (Å²) in [5.74, 6) is -0.130. The lowest BCUT2D eigenvalue weighted by Gasteiger charge is -2.34. The Kier molecular flexibility index (Phi) is 6.78. The van der Waals surface area contributed by atoms with E-state index in [4.69, 9.17) is 4.74 Å². The van der Waals surface area contributed by atoms with Crippen molar-refractivity contribution < 1.29 is 13.9 Å². The fraction of sp³-hybridized carbons (Fsp3) is 0.407. The molecule has 10 heteroatoms. The van der Waals surface area contributed by atoms with E-state index < -0.39 is 5.82 Å². The zero-order valence-electron chi connectivity index (χ0n) is 21.5. The van der Waals surface area contributed by atoms with E-state index in [1.807, 2.05) is 19.0 Å². The Hall–Kier alpha value is -3.63. The number of rotatable bonds is 8. The van der Waals surface area contributed by atoms with Gasteiger partial charge in [-0.3, -0.25) is 18.9 Å². The van der Waals surface area contributed by atoms with Gasteiger partial charge in [-0.1, -0.05) is 0 Å². The van der Waals surface area contributed by atoms with Crippen LogP contribution in [0.1, 0.15) is 31.7 Å². The molecule has 194 valence electrons. The zero-order valence-corrected chi connectivity index (χ0v) is 21.5. The van der Waals surface area contributed by atoms with Crippen LogP contribution in [0.25, 0.3) is 33.1 Å². The van der Waals surface area contributed by atoms with E-state index in [-0.39, 0.29) is 23.7 Å². The van der Waals surface area contributed by atoms with Gasteiger partial charge in [0.1, 0.15) is 11.6 Å². The van der Waals surface area contributed by atoms with E-state index in [9.17, 15) is 9.59 Å². The first kappa shape index (κ1) is 25.0. The Balaban J connectivity index is 1.49. The van der Waals surface area contributed by atoms with Gasteiger partial charge in [-0.05, 0) is 58.1 Å². The van der Waals surface area contributed by atoms with Gasteiger partial charge in [0.2, 0.25) is 5.91 Å². The van der Waals surface area contributed by atoms with Crippen LogP contribution < -0.4 is 11.0 Å². The molecule has 0 unspecified atom stereocenters. The van der Waals surface area contributed by atoms with Crippen molar-refractivity contribution in [3.63, 3.8) is 0 Å². The third-order valence-electron chi connectivity index (χ3n) is 7.12. The van der Waals surface area contributed by atoms with E-state index in [2.05, 4.69) is 15.3 Å². The van der Waals surface area contributed by atoms with E-state index in [0.717, 1.165) is 31.3 Å². The molecule has 37 heavy (non-hydrogen) atoms. The zero-order chi connectivity index (χ0) is 26.3. The van der Waals surface area contributed by atoms with Gasteiger partial charge in [0.15, 0.2) is 0 Å². The number of anilines is 1. The SMILES string of the molecule is COC1CC(n2c(=O)n(C)c3cnc4cc(F)c(-c5ccc(NC(=O)CCCN(C)C)nc5)cc4c32)C1. The molecule has 1 aromatic carbocycles. The number of hydrogen-bond acceptors (Lipinski definition) is 6. The standard InChI is InChI=1S/C27H31FN6O3/c1-32(2)9-5-6-25(35)31-24-8-7-16(14-30-24)19-12-20-22(13-21(19)28)29-15-23-26(20)34(27(36)33(23)3)17-10-18(11-17)37-4/h7-8,12-15,17-18H,5-6,9-11H2,1-4H3,(H,30,31,35). The molecule has 0 spiro atoms. The van der Waals surface area contributed by atoms with Gasteiger partial charge >= 0.3 is 5.69 Å². The number of fused-ring (bicyclic) bond motifs is 3. The highest BCUT2D eigenvalue weighted by Gasteiger charge is 2.34. The minimum atomic E-state index is -0.436. The van der Waals surface area contributed by atoms with Crippen LogP contribution in [0.2, 0.25) is 0 Å². The van der Waals surface area contributed by atoms with Crippen LogP contribution in [-0.4, -0.2) is 63.8 Å². The lowest BCUT2D eigenvalue weighted by Crippen LogP contribution is -2.37. The Bertz CT molecular complexity index is 1520. The lowest BCUT2D eigenvalue weighted by atomic mass is 9.89. The van der Waals surface area contributed by atoms with Crippen molar-refractivity contribution in [3.8, 4) is 11.1 Å². The molecule has 3 aromatic heterocycles. The Morgan fingerprint density at radius 1 is 1.22 bits per heavy atom. The number of imidazole rings is 1. The molecular formula is C27H31FN6O3. The Morgan fingerprint density at radius 3 is 2.68 bits per heavy atom. The van der Waals surface area contributed by atoms with E-state index in [1.165, 1.54) is 6.07 Å². The number of halogens is 1. The van der Waals surface area contributed by atoms with Crippen LogP contribution in [0.4, 0.5) is 10.2 Å². The summed E-state index contributed by atoms with van der Waals surface area (Å²) in [7, 11) is 7.33. The molecule has 0 atom stereocenters. The number of carbonyl (C=O) groups is 1. The van der Waals surface area contributed by atoms with Crippen molar-refractivity contribution in [2.45, 2.75) is 37.8 Å². The molecule has 0 aliphatic heterocycles. The number of nitrogens with one attached hydrogen (secondary N) is 1. The molecular weight excluding hydrogens is 475 g/mol. The normalized spacial score (nSPS) is 17.5. The van der Waals surface area contributed by atoms with Crippen molar-refractivity contribution in [1.29, 1.82) is 0 Å². The maximum atomic E-state index is 15.2. The number of carbonyl (C=O) groups excluding carboxylic acids is 1. The first-order valence-corrected chi connectivity index (χ1v) is 12.4. The van der Waals surface area contributed by atoms with Gasteiger partial charge in [0.05, 0.1) is 28.9 Å². The van der Waals surface area contributed by atoms with Crippen LogP contribution in [0, 0.1) is 5.82 Å². The van der Waals surface area contributed by atoms with Crippen LogP contribution in [-0.2, 0) is 16.6 Å². The number of ether oxygens (including phenoxy) is 1. The summed E-state index contributed by atoms with van der Waals surface area (Å²) >= 11 is 0. The van der Waals surface area contributed by atoms with Crippen molar-refractivity contribution in [2.75, 3.05) is 33.1 Å². The average Bonchev–Trinajstić information content (AvgIpc) is 3.09. The molecule has 1 amide bonds. The summed E-state index contributed by atoms with van der Waals surface area (Å²) in [5.41, 5.74) is 2.71.